The first-order valence-corrected chi connectivity index (χ1v) is 13.4. The average molecular weight is 580 g/mol. The summed E-state index contributed by atoms with van der Waals surface area (Å²) in [5, 5.41) is 12.9. The molecule has 0 bridgehead atoms. The van der Waals surface area contributed by atoms with Crippen LogP contribution in [0.4, 0.5) is 17.1 Å². The number of nitro groups is 1. The molecule has 2 fully saturated rings. The maximum atomic E-state index is 14.0. The molecule has 3 atom stereocenters. The second-order valence-corrected chi connectivity index (χ2v) is 10.1. The van der Waals surface area contributed by atoms with Crippen LogP contribution in [0.3, 0.4) is 0 Å². The van der Waals surface area contributed by atoms with Gasteiger partial charge in [0.25, 0.3) is 11.6 Å². The number of amides is 2. The number of hydrogen-bond acceptors (Lipinski definition) is 9. The average Bonchev–Trinajstić information content (AvgIpc) is 3.53. The third-order valence-corrected chi connectivity index (χ3v) is 7.51. The van der Waals surface area contributed by atoms with Crippen LogP contribution in [0.2, 0.25) is 0 Å². The highest BCUT2D eigenvalue weighted by atomic mass is 16.7. The fourth-order valence-electron chi connectivity index (χ4n) is 5.46. The number of nitro benzene ring substituents is 1. The van der Waals surface area contributed by atoms with E-state index in [-0.39, 0.29) is 22.9 Å². The first kappa shape index (κ1) is 27.6. The van der Waals surface area contributed by atoms with Gasteiger partial charge < -0.3 is 9.47 Å². The summed E-state index contributed by atoms with van der Waals surface area (Å²) >= 11 is 0. The summed E-state index contributed by atoms with van der Waals surface area (Å²) in [6.07, 6.45) is -1.18. The molecule has 216 valence electrons. The third kappa shape index (κ3) is 4.85. The van der Waals surface area contributed by atoms with Crippen molar-refractivity contribution in [3.8, 4) is 11.5 Å². The van der Waals surface area contributed by atoms with Crippen LogP contribution in [0.1, 0.15) is 27.5 Å². The molecule has 2 aliphatic rings. The molecule has 2 aliphatic heterocycles. The first-order valence-electron chi connectivity index (χ1n) is 13.4. The van der Waals surface area contributed by atoms with Crippen molar-refractivity contribution in [3.05, 3.63) is 124 Å². The second-order valence-electron chi connectivity index (χ2n) is 10.1. The number of hydrogen-bond donors (Lipinski definition) is 0. The summed E-state index contributed by atoms with van der Waals surface area (Å²) in [4.78, 5) is 58.7. The number of para-hydroxylation sites is 1. The van der Waals surface area contributed by atoms with Gasteiger partial charge in [-0.1, -0.05) is 48.5 Å². The molecule has 43 heavy (non-hydrogen) atoms. The molecule has 2 heterocycles. The zero-order valence-electron chi connectivity index (χ0n) is 23.1. The molecular weight excluding hydrogens is 554 g/mol. The molecule has 0 aromatic heterocycles. The van der Waals surface area contributed by atoms with Crippen molar-refractivity contribution in [3.63, 3.8) is 0 Å². The van der Waals surface area contributed by atoms with Gasteiger partial charge in [0.15, 0.2) is 17.6 Å². The minimum absolute atomic E-state index is 0.146. The smallest absolute Gasteiger partial charge is 0.343 e. The number of hydroxylamine groups is 1. The lowest BCUT2D eigenvalue weighted by Crippen LogP contribution is -2.37. The normalized spacial score (nSPS) is 19.3. The summed E-state index contributed by atoms with van der Waals surface area (Å²) < 4.78 is 11.1. The number of imide groups is 1. The minimum atomic E-state index is -1.18. The van der Waals surface area contributed by atoms with Crippen molar-refractivity contribution in [1.29, 1.82) is 0 Å². The number of non-ortho nitro benzene ring substituents is 1. The number of carbonyl (C=O) groups excluding carboxylic acids is 3. The lowest BCUT2D eigenvalue weighted by molar-refractivity contribution is -0.384. The van der Waals surface area contributed by atoms with Crippen LogP contribution in [0, 0.1) is 23.0 Å². The molecule has 0 radical (unpaired) electrons. The van der Waals surface area contributed by atoms with E-state index >= 15 is 0 Å². The Morgan fingerprint density at radius 2 is 1.63 bits per heavy atom. The van der Waals surface area contributed by atoms with E-state index in [2.05, 4.69) is 0 Å². The molecular formula is C32H25N3O8. The number of anilines is 2. The number of fused-ring (bicyclic) bond motifs is 1. The van der Waals surface area contributed by atoms with E-state index in [1.165, 1.54) is 36.4 Å². The van der Waals surface area contributed by atoms with Crippen LogP contribution in [0.25, 0.3) is 0 Å². The topological polar surface area (TPSA) is 129 Å². The maximum Gasteiger partial charge on any atom is 0.343 e. The summed E-state index contributed by atoms with van der Waals surface area (Å²) in [6.45, 7) is 1.80. The van der Waals surface area contributed by atoms with Crippen LogP contribution in [0.15, 0.2) is 97.1 Å². The van der Waals surface area contributed by atoms with Crippen molar-refractivity contribution in [2.45, 2.75) is 19.1 Å². The Hall–Kier alpha value is -5.55. The van der Waals surface area contributed by atoms with Crippen molar-refractivity contribution < 1.29 is 33.6 Å². The molecule has 0 unspecified atom stereocenters. The molecule has 11 heteroatoms. The van der Waals surface area contributed by atoms with E-state index < -0.39 is 40.8 Å². The number of ether oxygens (including phenoxy) is 2. The molecule has 4 aromatic rings. The summed E-state index contributed by atoms with van der Waals surface area (Å²) in [7, 11) is 1.41. The van der Waals surface area contributed by atoms with E-state index in [0.717, 1.165) is 10.5 Å². The van der Waals surface area contributed by atoms with Crippen molar-refractivity contribution in [1.82, 2.24) is 0 Å². The summed E-state index contributed by atoms with van der Waals surface area (Å²) in [5.74, 6) is -2.23. The molecule has 0 N–H and O–H groups in total. The van der Waals surface area contributed by atoms with Crippen LogP contribution < -0.4 is 19.4 Å². The standard InChI is InChI=1S/C32H25N3O8/c1-19-9-6-7-14-24(19)33-30(36)27-28(34(43-29(27)31(33)37)22-12-8-13-23(18-22)35(39)40)21-15-16-25(26(17-21)41-2)42-32(38)20-10-4-3-5-11-20/h3-18,27-29H,1-2H3/t27-,28+,29-/m0/s1. The molecule has 6 rings (SSSR count). The van der Waals surface area contributed by atoms with Crippen molar-refractivity contribution in [2.75, 3.05) is 17.1 Å². The molecule has 2 amide bonds. The number of methoxy groups -OCH3 is 1. The van der Waals surface area contributed by atoms with Gasteiger partial charge in [-0.05, 0) is 54.4 Å². The van der Waals surface area contributed by atoms with Gasteiger partial charge in [-0.15, -0.1) is 0 Å². The second kappa shape index (κ2) is 11.0. The number of aryl methyl sites for hydroxylation is 1. The molecule has 11 nitrogen and oxygen atoms in total. The Kier molecular flexibility index (Phi) is 7.08. The highest BCUT2D eigenvalue weighted by molar-refractivity contribution is 6.24. The predicted octanol–water partition coefficient (Wildman–Crippen LogP) is 5.18. The highest BCUT2D eigenvalue weighted by Crippen LogP contribution is 2.49. The van der Waals surface area contributed by atoms with Gasteiger partial charge in [0, 0.05) is 12.1 Å². The molecule has 0 spiro atoms. The number of carbonyl (C=O) groups is 3. The van der Waals surface area contributed by atoms with Gasteiger partial charge in [0.05, 0.1) is 35.0 Å². The molecule has 2 saturated heterocycles. The number of benzene rings is 4. The number of rotatable bonds is 7. The third-order valence-electron chi connectivity index (χ3n) is 7.51. The van der Waals surface area contributed by atoms with Gasteiger partial charge in [-0.2, -0.15) is 0 Å². The van der Waals surface area contributed by atoms with E-state index in [4.69, 9.17) is 14.3 Å². The SMILES string of the molecule is COc1cc([C@@H]2[C@@H]3C(=O)N(c4ccccc4C)C(=O)[C@H]3ON2c2cccc([N+](=O)[O-])c2)ccc1OC(=O)c1ccccc1. The number of nitrogens with zero attached hydrogens (tertiary/aromatic N) is 3. The molecule has 4 aromatic carbocycles. The van der Waals surface area contributed by atoms with E-state index in [9.17, 15) is 24.5 Å². The molecule has 0 saturated carbocycles. The number of esters is 1. The Balaban J connectivity index is 1.42. The lowest BCUT2D eigenvalue weighted by Gasteiger charge is -2.29. The first-order chi connectivity index (χ1) is 20.8. The van der Waals surface area contributed by atoms with Gasteiger partial charge in [0.1, 0.15) is 5.92 Å². The van der Waals surface area contributed by atoms with Gasteiger partial charge >= 0.3 is 5.97 Å². The van der Waals surface area contributed by atoms with Crippen molar-refractivity contribution in [2.24, 2.45) is 5.92 Å². The fourth-order valence-corrected chi connectivity index (χ4v) is 5.46. The zero-order chi connectivity index (χ0) is 30.2. The minimum Gasteiger partial charge on any atom is -0.493 e. The Bertz CT molecular complexity index is 1760. The summed E-state index contributed by atoms with van der Waals surface area (Å²) in [5.41, 5.74) is 2.15. The van der Waals surface area contributed by atoms with Crippen LogP contribution in [-0.2, 0) is 14.4 Å². The quantitative estimate of drug-likeness (QED) is 0.0956. The van der Waals surface area contributed by atoms with E-state index in [0.29, 0.717) is 16.8 Å². The fraction of sp³-hybridized carbons (Fsp3) is 0.156. The van der Waals surface area contributed by atoms with Crippen LogP contribution in [-0.4, -0.2) is 35.9 Å². The monoisotopic (exact) mass is 579 g/mol. The Morgan fingerprint density at radius 3 is 2.35 bits per heavy atom. The van der Waals surface area contributed by atoms with Gasteiger partial charge in [-0.25, -0.2) is 14.8 Å². The van der Waals surface area contributed by atoms with E-state index in [1.807, 2.05) is 6.07 Å². The predicted molar refractivity (Wildman–Crippen MR) is 155 cm³/mol. The Labute approximate surface area is 245 Å². The Morgan fingerprint density at radius 1 is 0.884 bits per heavy atom. The summed E-state index contributed by atoms with van der Waals surface area (Å²) in [6, 6.07) is 25.2. The maximum absolute atomic E-state index is 14.0. The molecule has 0 aliphatic carbocycles. The van der Waals surface area contributed by atoms with E-state index in [1.54, 1.807) is 73.7 Å². The van der Waals surface area contributed by atoms with Gasteiger partial charge in [0.2, 0.25) is 5.91 Å². The zero-order valence-corrected chi connectivity index (χ0v) is 23.1. The van der Waals surface area contributed by atoms with Crippen molar-refractivity contribution >= 4 is 34.8 Å². The highest BCUT2D eigenvalue weighted by Gasteiger charge is 2.60. The van der Waals surface area contributed by atoms with Crippen LogP contribution in [0.5, 0.6) is 11.5 Å². The largest absolute Gasteiger partial charge is 0.493 e. The van der Waals surface area contributed by atoms with Crippen LogP contribution >= 0.6 is 0 Å². The lowest BCUT2D eigenvalue weighted by atomic mass is 9.90. The van der Waals surface area contributed by atoms with Gasteiger partial charge in [-0.3, -0.25) is 24.5 Å².